The Hall–Kier alpha value is -3.59. The van der Waals surface area contributed by atoms with Crippen LogP contribution in [-0.4, -0.2) is 47.0 Å². The maximum atomic E-state index is 14.2. The van der Waals surface area contributed by atoms with Gasteiger partial charge in [-0.15, -0.1) is 0 Å². The summed E-state index contributed by atoms with van der Waals surface area (Å²) in [5.41, 5.74) is 4.54. The molecule has 0 fully saturated rings. The first-order chi connectivity index (χ1) is 18.8. The van der Waals surface area contributed by atoms with Crippen molar-refractivity contribution in [3.8, 4) is 17.2 Å². The van der Waals surface area contributed by atoms with Crippen molar-refractivity contribution in [1.29, 1.82) is 0 Å². The Balaban J connectivity index is 1.80. The molecule has 0 aliphatic carbocycles. The molecule has 0 bridgehead atoms. The summed E-state index contributed by atoms with van der Waals surface area (Å²) in [7, 11) is 0. The minimum absolute atomic E-state index is 0.188. The molecule has 0 aliphatic heterocycles. The minimum Gasteiger partial charge on any atom is -0.490 e. The van der Waals surface area contributed by atoms with Crippen molar-refractivity contribution >= 4 is 32.6 Å². The monoisotopic (exact) mass is 550 g/mol. The number of aryl methyl sites for hydroxylation is 2. The molecule has 0 N–H and O–H groups in total. The fourth-order valence-electron chi connectivity index (χ4n) is 4.59. The number of ether oxygens (including phenoxy) is 3. The summed E-state index contributed by atoms with van der Waals surface area (Å²) in [5, 5.41) is 5.25. The molecule has 4 aromatic rings. The summed E-state index contributed by atoms with van der Waals surface area (Å²) in [5.74, 6) is 1.60. The largest absolute Gasteiger partial charge is 0.490 e. The van der Waals surface area contributed by atoms with Gasteiger partial charge in [-0.25, -0.2) is 4.98 Å². The minimum atomic E-state index is -0.188. The van der Waals surface area contributed by atoms with Crippen LogP contribution in [0.2, 0.25) is 0 Å². The molecule has 0 spiro atoms. The normalized spacial score (nSPS) is 11.3. The summed E-state index contributed by atoms with van der Waals surface area (Å²) < 4.78 is 20.6. The molecule has 0 saturated carbocycles. The van der Waals surface area contributed by atoms with Crippen LogP contribution in [0.4, 0.5) is 5.13 Å². The van der Waals surface area contributed by atoms with Crippen LogP contribution in [0.15, 0.2) is 36.4 Å². The number of thiazole rings is 1. The van der Waals surface area contributed by atoms with E-state index in [9.17, 15) is 4.79 Å². The van der Waals surface area contributed by atoms with Crippen LogP contribution >= 0.6 is 11.3 Å². The third-order valence-corrected chi connectivity index (χ3v) is 7.38. The molecular formula is C30H38N4O4S. The zero-order chi connectivity index (χ0) is 28.1. The molecule has 2 aromatic heterocycles. The molecule has 2 aromatic carbocycles. The first-order valence-electron chi connectivity index (χ1n) is 13.6. The molecule has 0 radical (unpaired) electrons. The van der Waals surface area contributed by atoms with Crippen molar-refractivity contribution in [2.45, 2.75) is 60.9 Å². The van der Waals surface area contributed by atoms with Gasteiger partial charge in [-0.1, -0.05) is 37.3 Å². The number of benzene rings is 2. The van der Waals surface area contributed by atoms with E-state index in [1.165, 1.54) is 16.9 Å². The summed E-state index contributed by atoms with van der Waals surface area (Å²) in [6.07, 6.45) is 0. The van der Waals surface area contributed by atoms with E-state index in [0.717, 1.165) is 21.6 Å². The molecule has 0 saturated heterocycles. The Labute approximate surface area is 234 Å². The highest BCUT2D eigenvalue weighted by atomic mass is 32.1. The highest BCUT2D eigenvalue weighted by Crippen LogP contribution is 2.40. The van der Waals surface area contributed by atoms with Crippen molar-refractivity contribution in [2.24, 2.45) is 0 Å². The van der Waals surface area contributed by atoms with E-state index in [1.54, 1.807) is 17.0 Å². The summed E-state index contributed by atoms with van der Waals surface area (Å²) in [4.78, 5) is 21.0. The number of carbonyl (C=O) groups excluding carboxylic acids is 1. The Bertz CT molecular complexity index is 1420. The van der Waals surface area contributed by atoms with Gasteiger partial charge in [0.25, 0.3) is 5.91 Å². The Morgan fingerprint density at radius 3 is 2.23 bits per heavy atom. The molecule has 9 heteroatoms. The SMILES string of the molecule is CCOc1cc(C(=O)N(CCn2nc(C)cc2C)c2nc3c(C(C)C)cccc3s2)cc(OCC)c1OCC. The number of fused-ring (bicyclic) bond motifs is 1. The lowest BCUT2D eigenvalue weighted by Gasteiger charge is -2.22. The van der Waals surface area contributed by atoms with E-state index in [0.29, 0.717) is 66.8 Å². The van der Waals surface area contributed by atoms with Crippen molar-refractivity contribution in [3.63, 3.8) is 0 Å². The van der Waals surface area contributed by atoms with Crippen molar-refractivity contribution in [3.05, 3.63) is 58.9 Å². The quantitative estimate of drug-likeness (QED) is 0.194. The van der Waals surface area contributed by atoms with Crippen LogP contribution in [0.25, 0.3) is 10.2 Å². The number of rotatable bonds is 12. The zero-order valence-corrected chi connectivity index (χ0v) is 24.7. The second-order valence-electron chi connectivity index (χ2n) is 9.55. The van der Waals surface area contributed by atoms with Gasteiger partial charge in [0, 0.05) is 17.8 Å². The average Bonchev–Trinajstić information content (AvgIpc) is 3.47. The maximum absolute atomic E-state index is 14.2. The number of anilines is 1. The molecule has 39 heavy (non-hydrogen) atoms. The summed E-state index contributed by atoms with van der Waals surface area (Å²) >= 11 is 1.52. The number of hydrogen-bond acceptors (Lipinski definition) is 7. The molecular weight excluding hydrogens is 512 g/mol. The Morgan fingerprint density at radius 1 is 1.00 bits per heavy atom. The van der Waals surface area contributed by atoms with Crippen LogP contribution < -0.4 is 19.1 Å². The van der Waals surface area contributed by atoms with Crippen molar-refractivity contribution < 1.29 is 19.0 Å². The second kappa shape index (κ2) is 12.5. The molecule has 208 valence electrons. The second-order valence-corrected chi connectivity index (χ2v) is 10.6. The predicted octanol–water partition coefficient (Wildman–Crippen LogP) is 6.78. The third kappa shape index (κ3) is 6.19. The fraction of sp³-hybridized carbons (Fsp3) is 0.433. The summed E-state index contributed by atoms with van der Waals surface area (Å²) in [6.45, 7) is 16.3. The molecule has 0 unspecified atom stereocenters. The first-order valence-corrected chi connectivity index (χ1v) is 14.4. The lowest BCUT2D eigenvalue weighted by molar-refractivity contribution is 0.0984. The van der Waals surface area contributed by atoms with Crippen molar-refractivity contribution in [1.82, 2.24) is 14.8 Å². The molecule has 1 amide bonds. The van der Waals surface area contributed by atoms with E-state index < -0.39 is 0 Å². The van der Waals surface area contributed by atoms with Gasteiger partial charge in [-0.3, -0.25) is 14.4 Å². The van der Waals surface area contributed by atoms with Gasteiger partial charge < -0.3 is 14.2 Å². The number of carbonyl (C=O) groups is 1. The zero-order valence-electron chi connectivity index (χ0n) is 23.9. The van der Waals surface area contributed by atoms with Crippen molar-refractivity contribution in [2.75, 3.05) is 31.3 Å². The topological polar surface area (TPSA) is 78.7 Å². The van der Waals surface area contributed by atoms with E-state index in [4.69, 9.17) is 19.2 Å². The highest BCUT2D eigenvalue weighted by molar-refractivity contribution is 7.22. The van der Waals surface area contributed by atoms with Crippen LogP contribution in [0.1, 0.15) is 67.8 Å². The van der Waals surface area contributed by atoms with E-state index in [1.807, 2.05) is 45.4 Å². The van der Waals surface area contributed by atoms with E-state index in [2.05, 4.69) is 37.1 Å². The van der Waals surface area contributed by atoms with Gasteiger partial charge in [-0.2, -0.15) is 5.10 Å². The highest BCUT2D eigenvalue weighted by Gasteiger charge is 2.26. The van der Waals surface area contributed by atoms with Crippen LogP contribution in [0, 0.1) is 13.8 Å². The Morgan fingerprint density at radius 2 is 1.67 bits per heavy atom. The Kier molecular flexibility index (Phi) is 9.12. The molecule has 8 nitrogen and oxygen atoms in total. The van der Waals surface area contributed by atoms with Crippen LogP contribution in [0.5, 0.6) is 17.2 Å². The lowest BCUT2D eigenvalue weighted by atomic mass is 10.0. The number of amides is 1. The van der Waals surface area contributed by atoms with Gasteiger partial charge in [0.2, 0.25) is 5.75 Å². The number of para-hydroxylation sites is 1. The first kappa shape index (κ1) is 28.4. The lowest BCUT2D eigenvalue weighted by Crippen LogP contribution is -2.34. The van der Waals surface area contributed by atoms with Gasteiger partial charge in [0.15, 0.2) is 16.6 Å². The average molecular weight is 551 g/mol. The number of aromatic nitrogens is 3. The number of hydrogen-bond donors (Lipinski definition) is 0. The molecule has 0 aliphatic rings. The standard InChI is InChI=1S/C30H38N4O4S/c1-8-36-24-17-22(18-25(37-9-2)28(24)38-10-3)29(35)33(14-15-34-21(7)16-20(6)32-34)30-31-27-23(19(4)5)12-11-13-26(27)39-30/h11-13,16-19H,8-10,14-15H2,1-7H3. The van der Waals surface area contributed by atoms with Gasteiger partial charge in [0.05, 0.1) is 42.3 Å². The molecule has 4 rings (SSSR count). The third-order valence-electron chi connectivity index (χ3n) is 6.33. The van der Waals surface area contributed by atoms with E-state index in [-0.39, 0.29) is 5.91 Å². The molecule has 0 atom stereocenters. The molecule has 2 heterocycles. The number of nitrogens with zero attached hydrogens (tertiary/aromatic N) is 4. The van der Waals surface area contributed by atoms with Gasteiger partial charge in [-0.05, 0) is 70.4 Å². The fourth-order valence-corrected chi connectivity index (χ4v) is 5.61. The van der Waals surface area contributed by atoms with E-state index >= 15 is 0 Å². The van der Waals surface area contributed by atoms with Crippen LogP contribution in [-0.2, 0) is 6.54 Å². The van der Waals surface area contributed by atoms with Gasteiger partial charge in [0.1, 0.15) is 0 Å². The summed E-state index contributed by atoms with van der Waals surface area (Å²) in [6, 6.07) is 11.7. The maximum Gasteiger partial charge on any atom is 0.260 e. The van der Waals surface area contributed by atoms with Crippen LogP contribution in [0.3, 0.4) is 0 Å². The van der Waals surface area contributed by atoms with Gasteiger partial charge >= 0.3 is 0 Å². The predicted molar refractivity (Wildman–Crippen MR) is 157 cm³/mol. The smallest absolute Gasteiger partial charge is 0.260 e.